The minimum absolute atomic E-state index is 0.178. The predicted molar refractivity (Wildman–Crippen MR) is 79.4 cm³/mol. The average Bonchev–Trinajstić information content (AvgIpc) is 2.32. The average molecular weight is 334 g/mol. The number of halogens is 1. The van der Waals surface area contributed by atoms with Crippen molar-refractivity contribution >= 4 is 31.5 Å². The Kier molecular flexibility index (Phi) is 6.15. The predicted octanol–water partition coefficient (Wildman–Crippen LogP) is 3.78. The minimum Gasteiger partial charge on any atom is -0.398 e. The standard InChI is InChI=1S/C13H20BrNO2S/c1-2-3-4-5-6-9-18(16,17)13-10-11(14)7-8-12(13)15/h7-8,10H,2-6,9,15H2,1H3. The Balaban J connectivity index is 2.66. The molecular weight excluding hydrogens is 314 g/mol. The van der Waals surface area contributed by atoms with Gasteiger partial charge in [-0.2, -0.15) is 0 Å². The fourth-order valence-corrected chi connectivity index (χ4v) is 3.83. The molecule has 0 spiro atoms. The zero-order valence-electron chi connectivity index (χ0n) is 10.7. The molecule has 0 bridgehead atoms. The van der Waals surface area contributed by atoms with Crippen molar-refractivity contribution < 1.29 is 8.42 Å². The number of rotatable bonds is 7. The summed E-state index contributed by atoms with van der Waals surface area (Å²) in [5, 5.41) is 0. The van der Waals surface area contributed by atoms with Crippen LogP contribution in [-0.4, -0.2) is 14.2 Å². The topological polar surface area (TPSA) is 60.2 Å². The van der Waals surface area contributed by atoms with Crippen molar-refractivity contribution in [3.8, 4) is 0 Å². The molecule has 0 radical (unpaired) electrons. The third-order valence-electron chi connectivity index (χ3n) is 2.83. The van der Waals surface area contributed by atoms with E-state index in [4.69, 9.17) is 5.73 Å². The summed E-state index contributed by atoms with van der Waals surface area (Å²) in [7, 11) is -3.26. The van der Waals surface area contributed by atoms with Crippen molar-refractivity contribution in [3.63, 3.8) is 0 Å². The Morgan fingerprint density at radius 1 is 1.17 bits per heavy atom. The number of nitrogen functional groups attached to an aromatic ring is 1. The number of sulfone groups is 1. The summed E-state index contributed by atoms with van der Waals surface area (Å²) in [5.74, 6) is 0.178. The van der Waals surface area contributed by atoms with Crippen LogP contribution < -0.4 is 5.73 Å². The molecule has 0 aromatic heterocycles. The summed E-state index contributed by atoms with van der Waals surface area (Å²) >= 11 is 3.27. The van der Waals surface area contributed by atoms with Crippen molar-refractivity contribution in [1.29, 1.82) is 0 Å². The molecule has 0 heterocycles. The quantitative estimate of drug-likeness (QED) is 0.610. The number of hydrogen-bond acceptors (Lipinski definition) is 3. The number of anilines is 1. The Morgan fingerprint density at radius 2 is 1.83 bits per heavy atom. The van der Waals surface area contributed by atoms with E-state index in [1.54, 1.807) is 18.2 Å². The SMILES string of the molecule is CCCCCCCS(=O)(=O)c1cc(Br)ccc1N. The van der Waals surface area contributed by atoms with Crippen molar-refractivity contribution in [1.82, 2.24) is 0 Å². The van der Waals surface area contributed by atoms with Crippen LogP contribution in [0.2, 0.25) is 0 Å². The highest BCUT2D eigenvalue weighted by atomic mass is 79.9. The van der Waals surface area contributed by atoms with Gasteiger partial charge < -0.3 is 5.73 Å². The van der Waals surface area contributed by atoms with Gasteiger partial charge in [-0.3, -0.25) is 0 Å². The molecule has 18 heavy (non-hydrogen) atoms. The maximum atomic E-state index is 12.1. The van der Waals surface area contributed by atoms with Gasteiger partial charge in [0.2, 0.25) is 0 Å². The van der Waals surface area contributed by atoms with E-state index in [-0.39, 0.29) is 10.6 Å². The van der Waals surface area contributed by atoms with Gasteiger partial charge in [-0.15, -0.1) is 0 Å². The summed E-state index contributed by atoms with van der Waals surface area (Å²) < 4.78 is 25.0. The Hall–Kier alpha value is -0.550. The molecule has 2 N–H and O–H groups in total. The van der Waals surface area contributed by atoms with Crippen molar-refractivity contribution in [2.24, 2.45) is 0 Å². The number of nitrogens with two attached hydrogens (primary N) is 1. The van der Waals surface area contributed by atoms with Crippen LogP contribution in [-0.2, 0) is 9.84 Å². The van der Waals surface area contributed by atoms with E-state index in [0.717, 1.165) is 23.7 Å². The van der Waals surface area contributed by atoms with E-state index < -0.39 is 9.84 Å². The van der Waals surface area contributed by atoms with E-state index in [0.29, 0.717) is 12.1 Å². The van der Waals surface area contributed by atoms with Gasteiger partial charge in [0.15, 0.2) is 9.84 Å². The zero-order valence-corrected chi connectivity index (χ0v) is 13.1. The second kappa shape index (κ2) is 7.14. The van der Waals surface area contributed by atoms with E-state index >= 15 is 0 Å². The van der Waals surface area contributed by atoms with E-state index in [9.17, 15) is 8.42 Å². The van der Waals surface area contributed by atoms with Crippen LogP contribution in [0.15, 0.2) is 27.6 Å². The zero-order chi connectivity index (χ0) is 13.6. The van der Waals surface area contributed by atoms with Crippen molar-refractivity contribution in [2.45, 2.75) is 43.9 Å². The summed E-state index contributed by atoms with van der Waals surface area (Å²) in [4.78, 5) is 0.243. The van der Waals surface area contributed by atoms with Gasteiger partial charge in [-0.1, -0.05) is 48.5 Å². The molecule has 5 heteroatoms. The molecule has 3 nitrogen and oxygen atoms in total. The molecule has 0 aliphatic rings. The van der Waals surface area contributed by atoms with Crippen LogP contribution in [0.3, 0.4) is 0 Å². The van der Waals surface area contributed by atoms with Crippen LogP contribution in [0.25, 0.3) is 0 Å². The molecule has 0 unspecified atom stereocenters. The van der Waals surface area contributed by atoms with Gasteiger partial charge in [0.05, 0.1) is 16.3 Å². The first kappa shape index (κ1) is 15.5. The molecule has 0 saturated heterocycles. The molecular formula is C13H20BrNO2S. The largest absolute Gasteiger partial charge is 0.398 e. The minimum atomic E-state index is -3.26. The fourth-order valence-electron chi connectivity index (χ4n) is 1.78. The van der Waals surface area contributed by atoms with E-state index in [1.165, 1.54) is 6.42 Å². The molecule has 0 amide bonds. The summed E-state index contributed by atoms with van der Waals surface area (Å²) in [6.45, 7) is 2.14. The summed E-state index contributed by atoms with van der Waals surface area (Å²) in [6, 6.07) is 4.94. The number of unbranched alkanes of at least 4 members (excludes halogenated alkanes) is 4. The Morgan fingerprint density at radius 3 is 2.50 bits per heavy atom. The van der Waals surface area contributed by atoms with Gasteiger partial charge in [-0.25, -0.2) is 8.42 Å². The van der Waals surface area contributed by atoms with Crippen LogP contribution in [0.1, 0.15) is 39.0 Å². The Labute approximate surface area is 118 Å². The first-order chi connectivity index (χ1) is 8.47. The normalized spacial score (nSPS) is 11.7. The van der Waals surface area contributed by atoms with Gasteiger partial charge >= 0.3 is 0 Å². The molecule has 102 valence electrons. The van der Waals surface area contributed by atoms with Crippen LogP contribution in [0.4, 0.5) is 5.69 Å². The van der Waals surface area contributed by atoms with Crippen LogP contribution in [0.5, 0.6) is 0 Å². The number of hydrogen-bond donors (Lipinski definition) is 1. The smallest absolute Gasteiger partial charge is 0.180 e. The van der Waals surface area contributed by atoms with E-state index in [2.05, 4.69) is 22.9 Å². The maximum absolute atomic E-state index is 12.1. The molecule has 1 aromatic rings. The highest BCUT2D eigenvalue weighted by Gasteiger charge is 2.17. The lowest BCUT2D eigenvalue weighted by Crippen LogP contribution is -2.09. The van der Waals surface area contributed by atoms with Gasteiger partial charge in [0.1, 0.15) is 0 Å². The van der Waals surface area contributed by atoms with Gasteiger partial charge in [0, 0.05) is 4.47 Å². The summed E-state index contributed by atoms with van der Waals surface area (Å²) in [6.07, 6.45) is 5.08. The molecule has 0 saturated carbocycles. The third kappa shape index (κ3) is 4.61. The lowest BCUT2D eigenvalue weighted by Gasteiger charge is -2.08. The van der Waals surface area contributed by atoms with Crippen molar-refractivity contribution in [3.05, 3.63) is 22.7 Å². The lowest BCUT2D eigenvalue weighted by atomic mass is 10.2. The molecule has 1 aromatic carbocycles. The van der Waals surface area contributed by atoms with Crippen LogP contribution >= 0.6 is 15.9 Å². The summed E-state index contributed by atoms with van der Waals surface area (Å²) in [5.41, 5.74) is 6.05. The molecule has 1 rings (SSSR count). The maximum Gasteiger partial charge on any atom is 0.180 e. The van der Waals surface area contributed by atoms with Gasteiger partial charge in [-0.05, 0) is 24.6 Å². The molecule has 0 aliphatic heterocycles. The second-order valence-electron chi connectivity index (χ2n) is 4.42. The second-order valence-corrected chi connectivity index (χ2v) is 7.41. The molecule has 0 fully saturated rings. The molecule has 0 atom stereocenters. The van der Waals surface area contributed by atoms with Crippen LogP contribution in [0, 0.1) is 0 Å². The monoisotopic (exact) mass is 333 g/mol. The van der Waals surface area contributed by atoms with Crippen molar-refractivity contribution in [2.75, 3.05) is 11.5 Å². The third-order valence-corrected chi connectivity index (χ3v) is 5.17. The highest BCUT2D eigenvalue weighted by molar-refractivity contribution is 9.10. The first-order valence-corrected chi connectivity index (χ1v) is 8.69. The van der Waals surface area contributed by atoms with Gasteiger partial charge in [0.25, 0.3) is 0 Å². The number of benzene rings is 1. The molecule has 0 aliphatic carbocycles. The van der Waals surface area contributed by atoms with E-state index in [1.807, 2.05) is 0 Å². The lowest BCUT2D eigenvalue weighted by molar-refractivity contribution is 0.587. The first-order valence-electron chi connectivity index (χ1n) is 6.25. The highest BCUT2D eigenvalue weighted by Crippen LogP contribution is 2.24. The fraction of sp³-hybridized carbons (Fsp3) is 0.538. The Bertz CT molecular complexity index is 486.